The van der Waals surface area contributed by atoms with E-state index in [-0.39, 0.29) is 5.78 Å². The van der Waals surface area contributed by atoms with Crippen molar-refractivity contribution >= 4 is 29.0 Å². The van der Waals surface area contributed by atoms with Crippen LogP contribution >= 0.6 is 23.2 Å². The van der Waals surface area contributed by atoms with E-state index >= 15 is 0 Å². The Morgan fingerprint density at radius 1 is 0.941 bits per heavy atom. The smallest absolute Gasteiger partial charge is 0.194 e. The van der Waals surface area contributed by atoms with E-state index in [9.17, 15) is 4.79 Å². The fraction of sp³-hybridized carbons (Fsp3) is 0.0714. The highest BCUT2D eigenvalue weighted by Gasteiger charge is 2.15. The molecular weight excluding hydrogens is 255 g/mol. The van der Waals surface area contributed by atoms with Gasteiger partial charge in [-0.25, -0.2) is 0 Å². The summed E-state index contributed by atoms with van der Waals surface area (Å²) in [6.45, 7) is 1.85. The molecule has 2 aromatic rings. The van der Waals surface area contributed by atoms with Gasteiger partial charge >= 0.3 is 0 Å². The average molecular weight is 265 g/mol. The van der Waals surface area contributed by atoms with Crippen LogP contribution in [0.4, 0.5) is 0 Å². The van der Waals surface area contributed by atoms with Crippen LogP contribution in [-0.2, 0) is 0 Å². The summed E-state index contributed by atoms with van der Waals surface area (Å²) in [6, 6.07) is 12.5. The first-order valence-corrected chi connectivity index (χ1v) is 5.91. The highest BCUT2D eigenvalue weighted by atomic mass is 35.5. The molecule has 0 saturated heterocycles. The van der Waals surface area contributed by atoms with Crippen molar-refractivity contribution in [2.24, 2.45) is 0 Å². The molecule has 0 N–H and O–H groups in total. The molecule has 17 heavy (non-hydrogen) atoms. The number of carbonyl (C=O) groups is 1. The second kappa shape index (κ2) is 4.91. The quantitative estimate of drug-likeness (QED) is 0.729. The summed E-state index contributed by atoms with van der Waals surface area (Å²) in [6.07, 6.45) is 0. The molecule has 0 fully saturated rings. The van der Waals surface area contributed by atoms with Gasteiger partial charge in [0.15, 0.2) is 5.78 Å². The van der Waals surface area contributed by atoms with E-state index in [0.29, 0.717) is 21.2 Å². The van der Waals surface area contributed by atoms with Crippen LogP contribution in [0.15, 0.2) is 42.5 Å². The summed E-state index contributed by atoms with van der Waals surface area (Å²) in [5, 5.41) is 0.758. The fourth-order valence-corrected chi connectivity index (χ4v) is 2.03. The number of benzene rings is 2. The molecule has 3 heteroatoms. The SMILES string of the molecule is Cc1ccc(C(=O)c2ccccc2)c(Cl)c1Cl. The molecule has 0 spiro atoms. The van der Waals surface area contributed by atoms with E-state index in [0.717, 1.165) is 5.56 Å². The lowest BCUT2D eigenvalue weighted by atomic mass is 10.0. The molecular formula is C14H10Cl2O. The number of hydrogen-bond acceptors (Lipinski definition) is 1. The van der Waals surface area contributed by atoms with Gasteiger partial charge in [0.2, 0.25) is 0 Å². The maximum absolute atomic E-state index is 12.2. The number of carbonyl (C=O) groups excluding carboxylic acids is 1. The second-order valence-corrected chi connectivity index (χ2v) is 4.51. The van der Waals surface area contributed by atoms with Crippen molar-refractivity contribution in [2.45, 2.75) is 6.92 Å². The van der Waals surface area contributed by atoms with Crippen LogP contribution in [0.5, 0.6) is 0 Å². The Bertz CT molecular complexity index is 562. The van der Waals surface area contributed by atoms with E-state index in [4.69, 9.17) is 23.2 Å². The minimum Gasteiger partial charge on any atom is -0.289 e. The van der Waals surface area contributed by atoms with E-state index < -0.39 is 0 Å². The lowest BCUT2D eigenvalue weighted by Crippen LogP contribution is -2.02. The van der Waals surface area contributed by atoms with Crippen molar-refractivity contribution in [3.05, 3.63) is 69.2 Å². The zero-order valence-electron chi connectivity index (χ0n) is 9.21. The third kappa shape index (κ3) is 2.36. The van der Waals surface area contributed by atoms with Gasteiger partial charge in [-0.2, -0.15) is 0 Å². The van der Waals surface area contributed by atoms with Gasteiger partial charge in [0.25, 0.3) is 0 Å². The lowest BCUT2D eigenvalue weighted by Gasteiger charge is -2.07. The highest BCUT2D eigenvalue weighted by molar-refractivity contribution is 6.44. The van der Waals surface area contributed by atoms with Gasteiger partial charge in [0, 0.05) is 11.1 Å². The van der Waals surface area contributed by atoms with Crippen LogP contribution in [-0.4, -0.2) is 5.78 Å². The molecule has 1 nitrogen and oxygen atoms in total. The minimum absolute atomic E-state index is 0.113. The summed E-state index contributed by atoms with van der Waals surface area (Å²) < 4.78 is 0. The molecule has 0 aromatic heterocycles. The summed E-state index contributed by atoms with van der Waals surface area (Å²) >= 11 is 12.1. The molecule has 0 atom stereocenters. The lowest BCUT2D eigenvalue weighted by molar-refractivity contribution is 0.103. The van der Waals surface area contributed by atoms with E-state index in [1.54, 1.807) is 24.3 Å². The Balaban J connectivity index is 2.49. The Labute approximate surface area is 110 Å². The molecule has 0 unspecified atom stereocenters. The van der Waals surface area contributed by atoms with Gasteiger partial charge in [-0.3, -0.25) is 4.79 Å². The van der Waals surface area contributed by atoms with Gasteiger partial charge in [0.05, 0.1) is 10.0 Å². The largest absolute Gasteiger partial charge is 0.289 e. The van der Waals surface area contributed by atoms with E-state index in [1.165, 1.54) is 0 Å². The third-order valence-electron chi connectivity index (χ3n) is 2.56. The normalized spacial score (nSPS) is 10.3. The number of halogens is 2. The van der Waals surface area contributed by atoms with Crippen LogP contribution in [0.1, 0.15) is 21.5 Å². The van der Waals surface area contributed by atoms with Crippen LogP contribution in [0.3, 0.4) is 0 Å². The molecule has 0 saturated carbocycles. The zero-order chi connectivity index (χ0) is 12.4. The molecule has 2 aromatic carbocycles. The molecule has 2 rings (SSSR count). The van der Waals surface area contributed by atoms with Crippen LogP contribution in [0.2, 0.25) is 10.0 Å². The summed E-state index contributed by atoms with van der Waals surface area (Å²) in [7, 11) is 0. The van der Waals surface area contributed by atoms with E-state index in [2.05, 4.69) is 0 Å². The van der Waals surface area contributed by atoms with Crippen molar-refractivity contribution in [1.82, 2.24) is 0 Å². The van der Waals surface area contributed by atoms with Crippen molar-refractivity contribution in [1.29, 1.82) is 0 Å². The Hall–Kier alpha value is -1.31. The Kier molecular flexibility index (Phi) is 3.51. The van der Waals surface area contributed by atoms with Crippen LogP contribution in [0.25, 0.3) is 0 Å². The predicted octanol–water partition coefficient (Wildman–Crippen LogP) is 4.53. The molecule has 0 aliphatic carbocycles. The minimum atomic E-state index is -0.113. The first kappa shape index (κ1) is 12.2. The zero-order valence-corrected chi connectivity index (χ0v) is 10.7. The van der Waals surface area contributed by atoms with Crippen molar-refractivity contribution < 1.29 is 4.79 Å². The fourth-order valence-electron chi connectivity index (χ4n) is 1.57. The molecule has 0 aliphatic rings. The van der Waals surface area contributed by atoms with Crippen molar-refractivity contribution in [3.8, 4) is 0 Å². The van der Waals surface area contributed by atoms with Gasteiger partial charge in [0.1, 0.15) is 0 Å². The second-order valence-electron chi connectivity index (χ2n) is 3.75. The molecule has 0 bridgehead atoms. The monoisotopic (exact) mass is 264 g/mol. The highest BCUT2D eigenvalue weighted by Crippen LogP contribution is 2.30. The topological polar surface area (TPSA) is 17.1 Å². The standard InChI is InChI=1S/C14H10Cl2O/c1-9-7-8-11(13(16)12(9)15)14(17)10-5-3-2-4-6-10/h2-8H,1H3. The molecule has 86 valence electrons. The van der Waals surface area contributed by atoms with Gasteiger partial charge in [-0.15, -0.1) is 0 Å². The van der Waals surface area contributed by atoms with Crippen LogP contribution in [0, 0.1) is 6.92 Å². The summed E-state index contributed by atoms with van der Waals surface area (Å²) in [4.78, 5) is 12.2. The maximum Gasteiger partial charge on any atom is 0.194 e. The molecule has 0 amide bonds. The Morgan fingerprint density at radius 3 is 2.24 bits per heavy atom. The van der Waals surface area contributed by atoms with Gasteiger partial charge < -0.3 is 0 Å². The molecule has 0 heterocycles. The summed E-state index contributed by atoms with van der Waals surface area (Å²) in [5.41, 5.74) is 1.91. The van der Waals surface area contributed by atoms with Crippen molar-refractivity contribution in [2.75, 3.05) is 0 Å². The van der Waals surface area contributed by atoms with Gasteiger partial charge in [-0.05, 0) is 18.6 Å². The average Bonchev–Trinajstić information content (AvgIpc) is 2.36. The third-order valence-corrected chi connectivity index (χ3v) is 3.53. The number of hydrogen-bond donors (Lipinski definition) is 0. The van der Waals surface area contributed by atoms with Crippen LogP contribution < -0.4 is 0 Å². The molecule has 0 aliphatic heterocycles. The number of rotatable bonds is 2. The number of aryl methyl sites for hydroxylation is 1. The summed E-state index contributed by atoms with van der Waals surface area (Å²) in [5.74, 6) is -0.113. The maximum atomic E-state index is 12.2. The van der Waals surface area contributed by atoms with Crippen molar-refractivity contribution in [3.63, 3.8) is 0 Å². The van der Waals surface area contributed by atoms with E-state index in [1.807, 2.05) is 25.1 Å². The predicted molar refractivity (Wildman–Crippen MR) is 71.1 cm³/mol. The molecule has 0 radical (unpaired) electrons. The Morgan fingerprint density at radius 2 is 1.59 bits per heavy atom. The number of ketones is 1. The first-order valence-electron chi connectivity index (χ1n) is 5.15. The van der Waals surface area contributed by atoms with Gasteiger partial charge in [-0.1, -0.05) is 59.6 Å². The first-order chi connectivity index (χ1) is 8.11.